The summed E-state index contributed by atoms with van der Waals surface area (Å²) in [5, 5.41) is 0. The molecule has 3 rings (SSSR count). The summed E-state index contributed by atoms with van der Waals surface area (Å²) in [4.78, 5) is 11.5. The molecule has 7 heteroatoms. The lowest BCUT2D eigenvalue weighted by Crippen LogP contribution is -2.43. The molecule has 28 heavy (non-hydrogen) atoms. The van der Waals surface area contributed by atoms with Gasteiger partial charge < -0.3 is 4.74 Å². The van der Waals surface area contributed by atoms with Crippen molar-refractivity contribution in [2.24, 2.45) is 17.8 Å². The van der Waals surface area contributed by atoms with Crippen molar-refractivity contribution in [3.8, 4) is 0 Å². The van der Waals surface area contributed by atoms with Gasteiger partial charge in [0.25, 0.3) is 0 Å². The number of nitrogens with one attached hydrogen (secondary N) is 1. The molecule has 0 aliphatic heterocycles. The summed E-state index contributed by atoms with van der Waals surface area (Å²) in [7, 11) is -2.09. The van der Waals surface area contributed by atoms with Gasteiger partial charge in [-0.2, -0.15) is 0 Å². The smallest absolute Gasteiger partial charge is 0.305 e. The number of sulfonamides is 1. The van der Waals surface area contributed by atoms with Gasteiger partial charge in [0.15, 0.2) is 0 Å². The molecule has 2 aliphatic rings. The molecule has 2 bridgehead atoms. The standard InChI is InChI=1S/C21H28INO4S/c1-27-20(24)7-5-3-2-4-6-19-15-8-9-16(14-15)21(19)23-28(25,26)18-12-10-17(22)11-13-18/h2,4,10-13,15-16,19,21,23H,3,5-9,14H2,1H3/b4-2-/t15-,16+,19+,21+/m0/s1. The predicted octanol–water partition coefficient (Wildman–Crippen LogP) is 4.27. The van der Waals surface area contributed by atoms with E-state index in [9.17, 15) is 13.2 Å². The minimum Gasteiger partial charge on any atom is -0.469 e. The van der Waals surface area contributed by atoms with Crippen molar-refractivity contribution in [1.29, 1.82) is 0 Å². The molecule has 1 aromatic carbocycles. The van der Waals surface area contributed by atoms with E-state index in [0.29, 0.717) is 29.1 Å². The largest absolute Gasteiger partial charge is 0.469 e. The SMILES string of the molecule is COC(=O)CCC/C=C\C[C@@H]1[C@H]2CC[C@H](C2)[C@H]1NS(=O)(=O)c1ccc(I)cc1. The summed E-state index contributed by atoms with van der Waals surface area (Å²) >= 11 is 2.17. The Morgan fingerprint density at radius 3 is 2.64 bits per heavy atom. The third-order valence-corrected chi connectivity index (χ3v) is 8.25. The number of ether oxygens (including phenoxy) is 1. The van der Waals surface area contributed by atoms with Crippen LogP contribution in [-0.4, -0.2) is 27.5 Å². The van der Waals surface area contributed by atoms with Gasteiger partial charge in [-0.15, -0.1) is 0 Å². The van der Waals surface area contributed by atoms with E-state index in [-0.39, 0.29) is 12.0 Å². The molecule has 1 N–H and O–H groups in total. The molecule has 1 aromatic rings. The minimum absolute atomic E-state index is 0.0164. The molecule has 154 valence electrons. The van der Waals surface area contributed by atoms with Crippen LogP contribution in [0.3, 0.4) is 0 Å². The van der Waals surface area contributed by atoms with E-state index in [2.05, 4.69) is 44.2 Å². The molecule has 0 unspecified atom stereocenters. The van der Waals surface area contributed by atoms with Crippen LogP contribution in [0.25, 0.3) is 0 Å². The Kier molecular flexibility index (Phi) is 7.55. The number of carbonyl (C=O) groups is 1. The molecule has 0 aromatic heterocycles. The Labute approximate surface area is 181 Å². The van der Waals surface area contributed by atoms with Crippen LogP contribution in [0.5, 0.6) is 0 Å². The summed E-state index contributed by atoms with van der Waals surface area (Å²) in [5.74, 6) is 1.23. The fourth-order valence-electron chi connectivity index (χ4n) is 4.63. The van der Waals surface area contributed by atoms with Crippen LogP contribution in [0.1, 0.15) is 44.9 Å². The normalized spacial score (nSPS) is 26.8. The molecule has 0 radical (unpaired) electrons. The average molecular weight is 517 g/mol. The minimum atomic E-state index is -3.50. The summed E-state index contributed by atoms with van der Waals surface area (Å²) in [5.41, 5.74) is 0. The first kappa shape index (κ1) is 21.8. The van der Waals surface area contributed by atoms with Gasteiger partial charge in [0.1, 0.15) is 0 Å². The van der Waals surface area contributed by atoms with Crippen molar-refractivity contribution < 1.29 is 17.9 Å². The monoisotopic (exact) mass is 517 g/mol. The summed E-state index contributed by atoms with van der Waals surface area (Å²) in [6.07, 6.45) is 10.7. The number of carbonyl (C=O) groups excluding carboxylic acids is 1. The maximum Gasteiger partial charge on any atom is 0.305 e. The average Bonchev–Trinajstić information content (AvgIpc) is 3.26. The van der Waals surface area contributed by atoms with E-state index in [1.54, 1.807) is 12.1 Å². The molecule has 0 spiro atoms. The van der Waals surface area contributed by atoms with Gasteiger partial charge in [-0.3, -0.25) is 4.79 Å². The molecule has 2 aliphatic carbocycles. The number of rotatable bonds is 9. The first-order valence-corrected chi connectivity index (χ1v) is 12.5. The quantitative estimate of drug-likeness (QED) is 0.230. The second-order valence-corrected chi connectivity index (χ2v) is 10.7. The molecule has 0 saturated heterocycles. The maximum absolute atomic E-state index is 12.9. The molecule has 4 atom stereocenters. The van der Waals surface area contributed by atoms with Gasteiger partial charge >= 0.3 is 5.97 Å². The first-order valence-electron chi connectivity index (χ1n) is 9.90. The van der Waals surface area contributed by atoms with Gasteiger partial charge in [-0.05, 0) is 103 Å². The van der Waals surface area contributed by atoms with E-state index in [4.69, 9.17) is 0 Å². The highest BCUT2D eigenvalue weighted by molar-refractivity contribution is 14.1. The highest BCUT2D eigenvalue weighted by Crippen LogP contribution is 2.50. The zero-order valence-electron chi connectivity index (χ0n) is 16.1. The molecule has 5 nitrogen and oxygen atoms in total. The third-order valence-electron chi connectivity index (χ3n) is 6.06. The highest BCUT2D eigenvalue weighted by atomic mass is 127. The summed E-state index contributed by atoms with van der Waals surface area (Å²) < 4.78 is 34.4. The number of fused-ring (bicyclic) bond motifs is 2. The molecule has 0 amide bonds. The Morgan fingerprint density at radius 2 is 1.93 bits per heavy atom. The summed E-state index contributed by atoms with van der Waals surface area (Å²) in [6, 6.07) is 7.01. The first-order chi connectivity index (χ1) is 13.4. The number of methoxy groups -OCH3 is 1. The number of esters is 1. The van der Waals surface area contributed by atoms with Gasteiger partial charge in [-0.1, -0.05) is 12.2 Å². The number of benzene rings is 1. The topological polar surface area (TPSA) is 72.5 Å². The Morgan fingerprint density at radius 1 is 1.21 bits per heavy atom. The fourth-order valence-corrected chi connectivity index (χ4v) is 6.35. The van der Waals surface area contributed by atoms with Crippen LogP contribution in [0.2, 0.25) is 0 Å². The van der Waals surface area contributed by atoms with Crippen LogP contribution in [0, 0.1) is 21.3 Å². The fraction of sp³-hybridized carbons (Fsp3) is 0.571. The maximum atomic E-state index is 12.9. The van der Waals surface area contributed by atoms with Gasteiger partial charge in [0.05, 0.1) is 12.0 Å². The lowest BCUT2D eigenvalue weighted by Gasteiger charge is -2.31. The number of hydrogen-bond donors (Lipinski definition) is 1. The molecular formula is C21H28INO4S. The van der Waals surface area contributed by atoms with Crippen LogP contribution in [-0.2, 0) is 19.6 Å². The molecule has 0 heterocycles. The highest BCUT2D eigenvalue weighted by Gasteiger charge is 2.48. The van der Waals surface area contributed by atoms with E-state index < -0.39 is 10.0 Å². The van der Waals surface area contributed by atoms with E-state index in [1.807, 2.05) is 12.1 Å². The van der Waals surface area contributed by atoms with Gasteiger partial charge in [-0.25, -0.2) is 13.1 Å². The van der Waals surface area contributed by atoms with Crippen molar-refractivity contribution in [3.05, 3.63) is 40.0 Å². The summed E-state index contributed by atoms with van der Waals surface area (Å²) in [6.45, 7) is 0. The van der Waals surface area contributed by atoms with Crippen molar-refractivity contribution in [2.75, 3.05) is 7.11 Å². The van der Waals surface area contributed by atoms with Crippen molar-refractivity contribution in [2.45, 2.75) is 55.9 Å². The third kappa shape index (κ3) is 5.36. The van der Waals surface area contributed by atoms with Crippen LogP contribution < -0.4 is 4.72 Å². The Balaban J connectivity index is 1.58. The second kappa shape index (κ2) is 9.71. The molecule has 2 saturated carbocycles. The lowest BCUT2D eigenvalue weighted by molar-refractivity contribution is -0.140. The molecular weight excluding hydrogens is 489 g/mol. The zero-order valence-corrected chi connectivity index (χ0v) is 19.1. The Bertz CT molecular complexity index is 806. The van der Waals surface area contributed by atoms with Crippen LogP contribution in [0.15, 0.2) is 41.3 Å². The van der Waals surface area contributed by atoms with Gasteiger partial charge in [0, 0.05) is 16.0 Å². The van der Waals surface area contributed by atoms with Crippen molar-refractivity contribution in [3.63, 3.8) is 0 Å². The number of unbranched alkanes of at least 4 members (excludes halogenated alkanes) is 1. The van der Waals surface area contributed by atoms with E-state index >= 15 is 0 Å². The van der Waals surface area contributed by atoms with Crippen molar-refractivity contribution in [1.82, 2.24) is 4.72 Å². The van der Waals surface area contributed by atoms with Gasteiger partial charge in [0.2, 0.25) is 10.0 Å². The number of hydrogen-bond acceptors (Lipinski definition) is 4. The van der Waals surface area contributed by atoms with Crippen molar-refractivity contribution >= 4 is 38.6 Å². The van der Waals surface area contributed by atoms with E-state index in [0.717, 1.165) is 35.7 Å². The Hall–Kier alpha value is -0.930. The second-order valence-electron chi connectivity index (χ2n) is 7.77. The van der Waals surface area contributed by atoms with Crippen LogP contribution >= 0.6 is 22.6 Å². The zero-order chi connectivity index (χ0) is 20.1. The van der Waals surface area contributed by atoms with Crippen LogP contribution in [0.4, 0.5) is 0 Å². The predicted molar refractivity (Wildman–Crippen MR) is 117 cm³/mol. The number of halogens is 1. The number of allylic oxidation sites excluding steroid dienone is 2. The molecule has 2 fully saturated rings. The lowest BCUT2D eigenvalue weighted by atomic mass is 9.83. The van der Waals surface area contributed by atoms with E-state index in [1.165, 1.54) is 13.5 Å².